The highest BCUT2D eigenvalue weighted by Crippen LogP contribution is 2.48. The summed E-state index contributed by atoms with van der Waals surface area (Å²) < 4.78 is 51.5. The van der Waals surface area contributed by atoms with E-state index in [2.05, 4.69) is 15.4 Å². The summed E-state index contributed by atoms with van der Waals surface area (Å²) in [6.07, 6.45) is 3.60. The Labute approximate surface area is 313 Å². The number of sulfonamides is 1. The summed E-state index contributed by atoms with van der Waals surface area (Å²) in [5.41, 5.74) is -0.670. The maximum absolute atomic E-state index is 14.4. The molecule has 16 nitrogen and oxygen atoms in total. The van der Waals surface area contributed by atoms with Crippen molar-refractivity contribution in [2.45, 2.75) is 113 Å². The molecule has 54 heavy (non-hydrogen) atoms. The lowest BCUT2D eigenvalue weighted by atomic mass is 10.0. The highest BCUT2D eigenvalue weighted by Gasteiger charge is 2.63. The van der Waals surface area contributed by atoms with Crippen LogP contribution in [0.25, 0.3) is 10.8 Å². The van der Waals surface area contributed by atoms with Crippen LogP contribution in [0, 0.1) is 5.92 Å². The topological polar surface area (TPSA) is 212 Å². The van der Waals surface area contributed by atoms with Crippen molar-refractivity contribution in [2.75, 3.05) is 20.3 Å². The van der Waals surface area contributed by atoms with Gasteiger partial charge in [0, 0.05) is 23.3 Å². The Kier molecular flexibility index (Phi) is 9.91. The van der Waals surface area contributed by atoms with E-state index < -0.39 is 74.3 Å². The number of amides is 4. The molecule has 17 heteroatoms. The van der Waals surface area contributed by atoms with Crippen molar-refractivity contribution in [2.24, 2.45) is 5.92 Å². The molecule has 1 saturated heterocycles. The molecule has 5 aliphatic rings. The summed E-state index contributed by atoms with van der Waals surface area (Å²) in [4.78, 5) is 60.6. The van der Waals surface area contributed by atoms with Crippen molar-refractivity contribution in [1.29, 1.82) is 0 Å². The first-order valence-electron chi connectivity index (χ1n) is 18.5. The average Bonchev–Trinajstić information content (AvgIpc) is 4.01. The van der Waals surface area contributed by atoms with Gasteiger partial charge in [-0.2, -0.15) is 4.98 Å². The van der Waals surface area contributed by atoms with E-state index in [1.54, 1.807) is 33.1 Å². The molecular weight excluding hydrogens is 722 g/mol. The summed E-state index contributed by atoms with van der Waals surface area (Å²) in [6, 6.07) is 2.86. The number of nitrogens with zero attached hydrogens (tertiary/aromatic N) is 2. The number of pyridine rings is 1. The van der Waals surface area contributed by atoms with Crippen LogP contribution in [0.1, 0.15) is 71.3 Å². The van der Waals surface area contributed by atoms with Crippen molar-refractivity contribution < 1.29 is 51.6 Å². The highest BCUT2D eigenvalue weighted by molar-refractivity contribution is 7.91. The molecule has 7 atom stereocenters. The number of benzene rings is 1. The van der Waals surface area contributed by atoms with Crippen LogP contribution in [0.4, 0.5) is 4.79 Å². The van der Waals surface area contributed by atoms with Gasteiger partial charge in [0.1, 0.15) is 29.5 Å². The Morgan fingerprint density at radius 2 is 1.94 bits per heavy atom. The van der Waals surface area contributed by atoms with Crippen molar-refractivity contribution in [3.8, 4) is 17.5 Å². The van der Waals surface area contributed by atoms with Gasteiger partial charge in [0.25, 0.3) is 5.91 Å². The fourth-order valence-electron chi connectivity index (χ4n) is 7.69. The quantitative estimate of drug-likeness (QED) is 0.300. The molecule has 0 spiro atoms. The number of carbonyl (C=O) groups is 4. The number of methoxy groups -OCH3 is 1. The lowest BCUT2D eigenvalue weighted by molar-refractivity contribution is -0.144. The highest BCUT2D eigenvalue weighted by atomic mass is 32.2. The van der Waals surface area contributed by atoms with Gasteiger partial charge < -0.3 is 39.6 Å². The molecule has 0 unspecified atom stereocenters. The standard InChI is InChI=1S/C37H47N5O11S/c1-20-8-5-6-9-22-18-37(22,34(45)41-54(48,49)36(3)13-14-36)40-30(43)28-17-24(19-42(28)33(44)29(21(2)52-20)38-35(46)47)53-32-26-12-11-23(50-4)16-27(26)25-10-7-15-51-31(25)39-32/h6,9,11-12,16,20-22,24,28-29,38H,5,7-8,10,13-15,17-19H2,1-4H3,(H,40,43)(H,41,45)(H,46,47)/t20-,21+,22-,24-,28+,29+,37-/m1/s1. The monoisotopic (exact) mass is 769 g/mol. The number of hydrogen-bond acceptors (Lipinski definition) is 11. The predicted octanol–water partition coefficient (Wildman–Crippen LogP) is 2.57. The molecule has 2 aliphatic carbocycles. The van der Waals surface area contributed by atoms with Crippen LogP contribution >= 0.6 is 0 Å². The van der Waals surface area contributed by atoms with E-state index in [0.717, 1.165) is 23.8 Å². The first-order chi connectivity index (χ1) is 25.6. The fourth-order valence-corrected chi connectivity index (χ4v) is 9.00. The number of rotatable bonds is 7. The fraction of sp³-hybridized carbons (Fsp3) is 0.595. The number of aromatic nitrogens is 1. The number of nitrogens with one attached hydrogen (secondary N) is 3. The third kappa shape index (κ3) is 7.14. The number of carboxylic acid groups (broad SMARTS) is 1. The van der Waals surface area contributed by atoms with Crippen LogP contribution in [0.2, 0.25) is 0 Å². The Balaban J connectivity index is 1.24. The summed E-state index contributed by atoms with van der Waals surface area (Å²) in [6.45, 7) is 5.31. The maximum atomic E-state index is 14.4. The minimum atomic E-state index is -4.03. The molecular formula is C37H47N5O11S. The number of carbonyl (C=O) groups excluding carboxylic acids is 3. The van der Waals surface area contributed by atoms with Gasteiger partial charge in [-0.25, -0.2) is 13.2 Å². The number of fused-ring (bicyclic) bond motifs is 5. The van der Waals surface area contributed by atoms with E-state index in [-0.39, 0.29) is 31.4 Å². The Hall–Kier alpha value is -4.64. The minimum absolute atomic E-state index is 0.0468. The molecule has 2 saturated carbocycles. The van der Waals surface area contributed by atoms with Gasteiger partial charge in [0.15, 0.2) is 0 Å². The van der Waals surface area contributed by atoms with Crippen molar-refractivity contribution >= 4 is 44.6 Å². The molecule has 0 radical (unpaired) electrons. The van der Waals surface area contributed by atoms with Gasteiger partial charge in [-0.05, 0) is 89.3 Å². The molecule has 4 N–H and O–H groups in total. The van der Waals surface area contributed by atoms with Crippen LogP contribution in [-0.4, -0.2) is 108 Å². The lowest BCUT2D eigenvalue weighted by Crippen LogP contribution is -2.60. The van der Waals surface area contributed by atoms with Gasteiger partial charge >= 0.3 is 6.09 Å². The van der Waals surface area contributed by atoms with Gasteiger partial charge in [-0.1, -0.05) is 12.2 Å². The summed E-state index contributed by atoms with van der Waals surface area (Å²) >= 11 is 0. The lowest BCUT2D eigenvalue weighted by Gasteiger charge is -2.32. The third-order valence-electron chi connectivity index (χ3n) is 11.3. The smallest absolute Gasteiger partial charge is 0.405 e. The number of ether oxygens (including phenoxy) is 4. The zero-order chi connectivity index (χ0) is 38.6. The first-order valence-corrected chi connectivity index (χ1v) is 19.9. The van der Waals surface area contributed by atoms with Crippen molar-refractivity contribution in [1.82, 2.24) is 25.2 Å². The van der Waals surface area contributed by atoms with Gasteiger partial charge in [0.05, 0.1) is 37.2 Å². The molecule has 1 aromatic heterocycles. The van der Waals surface area contributed by atoms with Crippen LogP contribution in [0.15, 0.2) is 30.4 Å². The van der Waals surface area contributed by atoms with Crippen LogP contribution in [0.5, 0.6) is 17.5 Å². The van der Waals surface area contributed by atoms with Crippen LogP contribution in [0.3, 0.4) is 0 Å². The zero-order valence-corrected chi connectivity index (χ0v) is 31.6. The maximum Gasteiger partial charge on any atom is 0.405 e. The molecule has 4 heterocycles. The van der Waals surface area contributed by atoms with Crippen molar-refractivity contribution in [3.63, 3.8) is 0 Å². The molecule has 0 bridgehead atoms. The largest absolute Gasteiger partial charge is 0.497 e. The second-order valence-electron chi connectivity index (χ2n) is 15.3. The Bertz CT molecular complexity index is 2000. The SMILES string of the molecule is COc1ccc2c(O[C@@H]3C[C@H]4C(=O)N[C@]5(C(=O)NS(=O)(=O)C6(C)CC6)C[C@H]5C=CCC[C@@H](C)O[C@@H](C)[C@H](NC(=O)O)C(=O)N4C3)nc3c(c2c1)CCCO3. The van der Waals surface area contributed by atoms with Crippen molar-refractivity contribution in [3.05, 3.63) is 35.9 Å². The van der Waals surface area contributed by atoms with Crippen LogP contribution < -0.4 is 29.6 Å². The third-order valence-corrected chi connectivity index (χ3v) is 13.5. The average molecular weight is 770 g/mol. The van der Waals surface area contributed by atoms with E-state index in [4.69, 9.17) is 23.9 Å². The summed E-state index contributed by atoms with van der Waals surface area (Å²) in [7, 11) is -2.45. The van der Waals surface area contributed by atoms with E-state index in [0.29, 0.717) is 49.3 Å². The normalized spacial score (nSPS) is 30.6. The van der Waals surface area contributed by atoms with E-state index in [1.807, 2.05) is 25.1 Å². The van der Waals surface area contributed by atoms with Gasteiger partial charge in [-0.3, -0.25) is 19.1 Å². The minimum Gasteiger partial charge on any atom is -0.497 e. The summed E-state index contributed by atoms with van der Waals surface area (Å²) in [5.74, 6) is -1.51. The van der Waals surface area contributed by atoms with Gasteiger partial charge in [-0.15, -0.1) is 0 Å². The van der Waals surface area contributed by atoms with E-state index >= 15 is 0 Å². The number of hydrogen-bond donors (Lipinski definition) is 4. The molecule has 292 valence electrons. The second kappa shape index (κ2) is 14.2. The van der Waals surface area contributed by atoms with E-state index in [1.165, 1.54) is 4.90 Å². The van der Waals surface area contributed by atoms with Crippen LogP contribution in [-0.2, 0) is 35.6 Å². The number of allylic oxidation sites excluding steroid dienone is 1. The molecule has 1 aromatic carbocycles. The Morgan fingerprint density at radius 1 is 1.17 bits per heavy atom. The molecule has 2 aromatic rings. The zero-order valence-electron chi connectivity index (χ0n) is 30.8. The summed E-state index contributed by atoms with van der Waals surface area (Å²) in [5, 5.41) is 16.4. The number of aryl methyl sites for hydroxylation is 1. The predicted molar refractivity (Wildman–Crippen MR) is 194 cm³/mol. The Morgan fingerprint density at radius 3 is 2.67 bits per heavy atom. The first kappa shape index (κ1) is 37.7. The second-order valence-corrected chi connectivity index (χ2v) is 17.5. The van der Waals surface area contributed by atoms with E-state index in [9.17, 15) is 32.7 Å². The van der Waals surface area contributed by atoms with Gasteiger partial charge in [0.2, 0.25) is 33.6 Å². The molecule has 4 amide bonds. The molecule has 3 fully saturated rings. The molecule has 3 aliphatic heterocycles. The molecule has 7 rings (SSSR count).